The van der Waals surface area contributed by atoms with Crippen molar-refractivity contribution in [2.24, 2.45) is 23.7 Å². The molecule has 2 aromatic carbocycles. The highest BCUT2D eigenvalue weighted by atomic mass is 33.1. The minimum atomic E-state index is -1.17. The molecule has 0 radical (unpaired) electrons. The number of likely N-dealkylation sites (tertiary alicyclic amines) is 1. The number of carboxylic acids is 1. The van der Waals surface area contributed by atoms with Crippen LogP contribution in [0, 0.1) is 23.7 Å². The van der Waals surface area contributed by atoms with E-state index in [9.17, 15) is 38.7 Å². The van der Waals surface area contributed by atoms with Gasteiger partial charge in [0.25, 0.3) is 0 Å². The predicted molar refractivity (Wildman–Crippen MR) is 309 cm³/mol. The normalized spacial score (nSPS) is 19.3. The van der Waals surface area contributed by atoms with Crippen LogP contribution in [0.2, 0.25) is 0 Å². The van der Waals surface area contributed by atoms with E-state index < -0.39 is 84.2 Å². The molecule has 80 heavy (non-hydrogen) atoms. The SMILES string of the molecule is CC[C@H](C)[C@@H]([C@@H](CC(=O)N1CCC[C@H]1[C@H](OC)[C@@H](C)C(=O)N[C@@H](Cc1ccccc1)C(=O)O)OC)N(C)C(=O)[C@@H](NC(=O)[C@H](C(C)C)N(C)C(=O)OCc1ccc(NC(=O)O[C@H]2CCCC[C@@H]2SSc2ccccn2)cc1)C(C)C. The van der Waals surface area contributed by atoms with Crippen molar-refractivity contribution >= 4 is 69.1 Å². The lowest BCUT2D eigenvalue weighted by Gasteiger charge is -2.41. The van der Waals surface area contributed by atoms with E-state index in [1.807, 2.05) is 52.0 Å². The van der Waals surface area contributed by atoms with Crippen molar-refractivity contribution in [2.75, 3.05) is 40.2 Å². The Morgan fingerprint density at radius 2 is 1.48 bits per heavy atom. The Bertz CT molecular complexity index is 2480. The zero-order valence-electron chi connectivity index (χ0n) is 48.3. The summed E-state index contributed by atoms with van der Waals surface area (Å²) in [7, 11) is 9.36. The number of methoxy groups -OCH3 is 2. The Morgan fingerprint density at radius 1 is 0.787 bits per heavy atom. The highest BCUT2D eigenvalue weighted by Crippen LogP contribution is 2.41. The molecule has 1 saturated carbocycles. The number of hydrogen-bond donors (Lipinski definition) is 4. The van der Waals surface area contributed by atoms with Gasteiger partial charge in [0.2, 0.25) is 23.6 Å². The molecule has 1 aliphatic carbocycles. The summed E-state index contributed by atoms with van der Waals surface area (Å²) in [6.45, 7) is 13.2. The van der Waals surface area contributed by atoms with Gasteiger partial charge >= 0.3 is 18.2 Å². The van der Waals surface area contributed by atoms with Crippen molar-refractivity contribution in [3.63, 3.8) is 0 Å². The number of nitrogens with zero attached hydrogens (tertiary/aromatic N) is 4. The van der Waals surface area contributed by atoms with Gasteiger partial charge in [-0.3, -0.25) is 29.4 Å². The van der Waals surface area contributed by atoms with Crippen LogP contribution >= 0.6 is 21.6 Å². The number of aromatic nitrogens is 1. The molecule has 1 aliphatic heterocycles. The summed E-state index contributed by atoms with van der Waals surface area (Å²) >= 11 is 0. The number of carboxylic acid groups (broad SMARTS) is 1. The van der Waals surface area contributed by atoms with Gasteiger partial charge < -0.3 is 44.5 Å². The fourth-order valence-corrected chi connectivity index (χ4v) is 13.4. The first-order chi connectivity index (χ1) is 38.2. The Balaban J connectivity index is 1.17. The summed E-state index contributed by atoms with van der Waals surface area (Å²) in [6, 6.07) is 17.3. The Kier molecular flexibility index (Phi) is 25.9. The van der Waals surface area contributed by atoms with Crippen molar-refractivity contribution in [3.05, 3.63) is 90.1 Å². The molecule has 6 amide bonds. The van der Waals surface area contributed by atoms with Crippen LogP contribution < -0.4 is 16.0 Å². The molecular formula is C59H85N7O12S2. The predicted octanol–water partition coefficient (Wildman–Crippen LogP) is 8.85. The number of likely N-dealkylation sites (N-methyl/N-ethyl adjacent to an activating group) is 2. The molecule has 0 spiro atoms. The summed E-state index contributed by atoms with van der Waals surface area (Å²) in [5, 5.41) is 19.5. The van der Waals surface area contributed by atoms with Crippen molar-refractivity contribution in [2.45, 2.75) is 172 Å². The molecule has 3 aromatic rings. The molecule has 21 heteroatoms. The molecule has 0 unspecified atom stereocenters. The number of aliphatic carboxylic acids is 1. The monoisotopic (exact) mass is 1150 g/mol. The number of benzene rings is 2. The first kappa shape index (κ1) is 64.9. The van der Waals surface area contributed by atoms with Crippen LogP contribution in [0.15, 0.2) is 84.0 Å². The number of carbonyl (C=O) groups excluding carboxylic acids is 6. The highest BCUT2D eigenvalue weighted by Gasteiger charge is 2.44. The highest BCUT2D eigenvalue weighted by molar-refractivity contribution is 8.76. The Hall–Kier alpha value is -5.90. The van der Waals surface area contributed by atoms with Gasteiger partial charge in [-0.2, -0.15) is 0 Å². The fourth-order valence-electron chi connectivity index (χ4n) is 10.7. The fraction of sp³-hybridized carbons (Fsp3) is 0.593. The Morgan fingerprint density at radius 3 is 2.09 bits per heavy atom. The molecule has 2 aliphatic rings. The van der Waals surface area contributed by atoms with E-state index in [1.165, 1.54) is 26.2 Å². The lowest BCUT2D eigenvalue weighted by Crippen LogP contribution is -2.60. The number of hydrogen-bond acceptors (Lipinski definition) is 14. The summed E-state index contributed by atoms with van der Waals surface area (Å²) in [6.07, 6.45) is 4.32. The topological polar surface area (TPSA) is 235 Å². The van der Waals surface area contributed by atoms with Crippen molar-refractivity contribution < 1.29 is 57.6 Å². The second kappa shape index (κ2) is 31.9. The first-order valence-electron chi connectivity index (χ1n) is 27.9. The number of anilines is 1. The van der Waals surface area contributed by atoms with E-state index in [1.54, 1.807) is 114 Å². The van der Waals surface area contributed by atoms with Gasteiger partial charge in [-0.1, -0.05) is 121 Å². The number of ether oxygens (including phenoxy) is 4. The molecule has 2 fully saturated rings. The van der Waals surface area contributed by atoms with Crippen molar-refractivity contribution in [1.29, 1.82) is 0 Å². The first-order valence-corrected chi connectivity index (χ1v) is 30.1. The van der Waals surface area contributed by atoms with Gasteiger partial charge in [0.05, 0.1) is 41.9 Å². The van der Waals surface area contributed by atoms with Gasteiger partial charge in [0.1, 0.15) is 35.9 Å². The van der Waals surface area contributed by atoms with Gasteiger partial charge in [0.15, 0.2) is 0 Å². The molecule has 2 heterocycles. The van der Waals surface area contributed by atoms with E-state index in [-0.39, 0.29) is 54.5 Å². The largest absolute Gasteiger partial charge is 0.480 e. The van der Waals surface area contributed by atoms with Crippen LogP contribution in [0.25, 0.3) is 0 Å². The zero-order valence-corrected chi connectivity index (χ0v) is 50.0. The molecule has 4 N–H and O–H groups in total. The average Bonchev–Trinajstić information content (AvgIpc) is 3.93. The molecule has 1 aromatic heterocycles. The van der Waals surface area contributed by atoms with Gasteiger partial charge in [-0.15, -0.1) is 0 Å². The second-order valence-electron chi connectivity index (χ2n) is 21.7. The summed E-state index contributed by atoms with van der Waals surface area (Å²) in [4.78, 5) is 105. The smallest absolute Gasteiger partial charge is 0.411 e. The quantitative estimate of drug-likeness (QED) is 0.0497. The molecule has 11 atom stereocenters. The lowest BCUT2D eigenvalue weighted by molar-refractivity contribution is -0.148. The summed E-state index contributed by atoms with van der Waals surface area (Å²) < 4.78 is 23.6. The van der Waals surface area contributed by atoms with Crippen LogP contribution in [0.4, 0.5) is 15.3 Å². The van der Waals surface area contributed by atoms with Crippen LogP contribution in [-0.4, -0.2) is 155 Å². The van der Waals surface area contributed by atoms with Crippen molar-refractivity contribution in [1.82, 2.24) is 30.3 Å². The van der Waals surface area contributed by atoms with Gasteiger partial charge in [0, 0.05) is 53.2 Å². The third-order valence-corrected chi connectivity index (χ3v) is 18.2. The second-order valence-corrected chi connectivity index (χ2v) is 24.2. The minimum Gasteiger partial charge on any atom is -0.480 e. The van der Waals surface area contributed by atoms with Crippen LogP contribution in [0.1, 0.15) is 111 Å². The average molecular weight is 1150 g/mol. The maximum atomic E-state index is 14.7. The van der Waals surface area contributed by atoms with Crippen LogP contribution in [0.5, 0.6) is 0 Å². The Labute approximate surface area is 480 Å². The van der Waals surface area contributed by atoms with E-state index in [2.05, 4.69) is 20.9 Å². The van der Waals surface area contributed by atoms with Crippen molar-refractivity contribution in [3.8, 4) is 0 Å². The van der Waals surface area contributed by atoms with E-state index >= 15 is 0 Å². The third-order valence-electron chi connectivity index (χ3n) is 15.3. The van der Waals surface area contributed by atoms with Crippen LogP contribution in [0.3, 0.4) is 0 Å². The molecule has 19 nitrogen and oxygen atoms in total. The summed E-state index contributed by atoms with van der Waals surface area (Å²) in [5.41, 5.74) is 1.92. The lowest BCUT2D eigenvalue weighted by atomic mass is 9.89. The molecular weight excluding hydrogens is 1060 g/mol. The summed E-state index contributed by atoms with van der Waals surface area (Å²) in [5.74, 6) is -4.60. The number of amides is 6. The maximum absolute atomic E-state index is 14.7. The number of pyridine rings is 1. The number of nitrogens with one attached hydrogen (secondary N) is 3. The minimum absolute atomic E-state index is 0.0971. The number of rotatable bonds is 28. The van der Waals surface area contributed by atoms with E-state index in [4.69, 9.17) is 18.9 Å². The molecule has 5 rings (SSSR count). The maximum Gasteiger partial charge on any atom is 0.411 e. The van der Waals surface area contributed by atoms with E-state index in [0.717, 1.165) is 36.3 Å². The molecule has 1 saturated heterocycles. The van der Waals surface area contributed by atoms with E-state index in [0.29, 0.717) is 37.1 Å². The number of carbonyl (C=O) groups is 7. The van der Waals surface area contributed by atoms with Crippen LogP contribution in [-0.2, 0) is 55.9 Å². The standard InChI is InChI=1S/C59H85N7O12S2/c1-12-38(6)52(46(75-10)34-49(67)66-32-20-23-44(66)53(76-11)39(7)54(68)62-43(57(71)72)33-40-21-14-13-15-22-40)64(8)56(70)50(36(2)3)63-55(69)51(37(4)5)65(9)59(74)77-35-41-27-29-42(30-28-41)61-58(73)78-45-24-16-17-25-47(45)79-80-48-26-18-19-31-60-48/h13-15,18-19,21-22,26-31,36-39,43-47,50-53H,12,16-17,20,23-25,32-35H2,1-11H3,(H,61,73)(H,62,68)(H,63,69)(H,71,72)/t38-,39+,43-,44-,45-,46+,47-,50-,51-,52-,53+/m0/s1. The molecule has 0 bridgehead atoms. The van der Waals surface area contributed by atoms with Gasteiger partial charge in [-0.25, -0.2) is 19.4 Å². The molecule has 440 valence electrons. The third kappa shape index (κ3) is 18.3. The zero-order chi connectivity index (χ0) is 58.6. The van der Waals surface area contributed by atoms with Gasteiger partial charge in [-0.05, 0) is 96.0 Å².